The Morgan fingerprint density at radius 2 is 2.29 bits per heavy atom. The fourth-order valence-electron chi connectivity index (χ4n) is 3.14. The van der Waals surface area contributed by atoms with E-state index in [-0.39, 0.29) is 29.6 Å². The van der Waals surface area contributed by atoms with Crippen LogP contribution in [0, 0.1) is 18.3 Å². The highest BCUT2D eigenvalue weighted by Crippen LogP contribution is 2.35. The number of aliphatic hydroxyl groups excluding tert-OH is 1. The van der Waals surface area contributed by atoms with E-state index >= 15 is 0 Å². The molecule has 3 rings (SSSR count). The van der Waals surface area contributed by atoms with Crippen molar-refractivity contribution in [2.24, 2.45) is 5.92 Å². The predicted molar refractivity (Wildman–Crippen MR) is 87.2 cm³/mol. The van der Waals surface area contributed by atoms with Crippen molar-refractivity contribution >= 4 is 17.1 Å². The first-order chi connectivity index (χ1) is 11.3. The van der Waals surface area contributed by atoms with Crippen molar-refractivity contribution < 1.29 is 9.84 Å². The molecule has 0 aromatic carbocycles. The van der Waals surface area contributed by atoms with Crippen molar-refractivity contribution in [3.05, 3.63) is 20.8 Å². The lowest BCUT2D eigenvalue weighted by molar-refractivity contribution is -0.0587. The molecular formula is C15H19N5O4. The second-order valence-corrected chi connectivity index (χ2v) is 6.08. The number of nitrogen functional groups attached to an aromatic ring is 1. The maximum Gasteiger partial charge on any atom is 0.333 e. The minimum Gasteiger partial charge on any atom is -0.391 e. The monoisotopic (exact) mass is 333 g/mol. The molecule has 2 aromatic rings. The molecule has 9 heteroatoms. The summed E-state index contributed by atoms with van der Waals surface area (Å²) < 4.78 is 8.31. The summed E-state index contributed by atoms with van der Waals surface area (Å²) >= 11 is 0. The molecule has 4 atom stereocenters. The van der Waals surface area contributed by atoms with Crippen LogP contribution in [0.15, 0.2) is 9.59 Å². The molecule has 0 spiro atoms. The van der Waals surface area contributed by atoms with E-state index in [2.05, 4.69) is 15.9 Å². The third kappa shape index (κ3) is 2.40. The number of nitrogens with two attached hydrogens (primary N) is 1. The van der Waals surface area contributed by atoms with Gasteiger partial charge in [0.25, 0.3) is 5.56 Å². The van der Waals surface area contributed by atoms with Crippen LogP contribution in [0.5, 0.6) is 0 Å². The van der Waals surface area contributed by atoms with E-state index in [1.54, 1.807) is 6.92 Å². The highest BCUT2D eigenvalue weighted by molar-refractivity contribution is 5.72. The van der Waals surface area contributed by atoms with Gasteiger partial charge < -0.3 is 15.6 Å². The summed E-state index contributed by atoms with van der Waals surface area (Å²) in [6, 6.07) is 0. The Bertz CT molecular complexity index is 932. The first-order valence-electron chi connectivity index (χ1n) is 7.62. The number of terminal acetylenes is 1. The lowest BCUT2D eigenvalue weighted by Gasteiger charge is -2.17. The number of hydrogen-bond acceptors (Lipinski definition) is 6. The van der Waals surface area contributed by atoms with Crippen LogP contribution >= 0.6 is 0 Å². The molecule has 128 valence electrons. The van der Waals surface area contributed by atoms with Crippen LogP contribution in [-0.4, -0.2) is 36.4 Å². The molecule has 4 N–H and O–H groups in total. The van der Waals surface area contributed by atoms with Crippen LogP contribution in [0.3, 0.4) is 0 Å². The molecule has 0 unspecified atom stereocenters. The number of anilines is 1. The van der Waals surface area contributed by atoms with Gasteiger partial charge >= 0.3 is 5.69 Å². The normalized spacial score (nSPS) is 25.0. The number of aliphatic hydroxyl groups is 1. The molecule has 1 saturated heterocycles. The summed E-state index contributed by atoms with van der Waals surface area (Å²) in [5.74, 6) is 2.20. The highest BCUT2D eigenvalue weighted by atomic mass is 16.5. The number of hydrogen-bond donors (Lipinski definition) is 3. The van der Waals surface area contributed by atoms with Crippen LogP contribution in [-0.2, 0) is 11.3 Å². The molecule has 24 heavy (non-hydrogen) atoms. The molecule has 1 aliphatic rings. The molecule has 1 aliphatic heterocycles. The average molecular weight is 333 g/mol. The number of rotatable bonds is 3. The number of nitrogens with zero attached hydrogens (tertiary/aromatic N) is 3. The van der Waals surface area contributed by atoms with Crippen molar-refractivity contribution in [2.75, 3.05) is 5.73 Å². The van der Waals surface area contributed by atoms with Gasteiger partial charge in [-0.3, -0.25) is 14.3 Å². The van der Waals surface area contributed by atoms with Gasteiger partial charge in [-0.25, -0.2) is 9.36 Å². The standard InChI is InChI=1S/C15H19N5O4/c1-4-5-19-10-11(17-14(16)18-12(10)22)20(15(19)23)13-7(2)6-9(24-13)8(3)21/h1,7-9,13,21H,5-6H2,2-3H3,(H3,16,17,18,22)/t7-,8+,9+,13-/m1/s1. The Kier molecular flexibility index (Phi) is 3.95. The van der Waals surface area contributed by atoms with Crippen molar-refractivity contribution in [3.63, 3.8) is 0 Å². The third-order valence-corrected chi connectivity index (χ3v) is 4.28. The van der Waals surface area contributed by atoms with Crippen LogP contribution < -0.4 is 17.0 Å². The van der Waals surface area contributed by atoms with Gasteiger partial charge in [-0.2, -0.15) is 4.98 Å². The van der Waals surface area contributed by atoms with Crippen LogP contribution in [0.25, 0.3) is 11.2 Å². The summed E-state index contributed by atoms with van der Waals surface area (Å²) in [5.41, 5.74) is 4.78. The Balaban J connectivity index is 2.26. The molecule has 0 bridgehead atoms. The van der Waals surface area contributed by atoms with Crippen LogP contribution in [0.2, 0.25) is 0 Å². The Morgan fingerprint density at radius 3 is 2.88 bits per heavy atom. The zero-order valence-electron chi connectivity index (χ0n) is 13.4. The molecule has 0 radical (unpaired) electrons. The zero-order chi connectivity index (χ0) is 17.6. The Labute approximate surface area is 137 Å². The van der Waals surface area contributed by atoms with Crippen LogP contribution in [0.1, 0.15) is 26.5 Å². The average Bonchev–Trinajstić information content (AvgIpc) is 2.99. The minimum absolute atomic E-state index is 0.0587. The molecule has 0 aliphatic carbocycles. The van der Waals surface area contributed by atoms with E-state index in [1.807, 2.05) is 6.92 Å². The second-order valence-electron chi connectivity index (χ2n) is 6.08. The predicted octanol–water partition coefficient (Wildman–Crippen LogP) is -0.594. The van der Waals surface area contributed by atoms with Gasteiger partial charge in [0.15, 0.2) is 11.2 Å². The summed E-state index contributed by atoms with van der Waals surface area (Å²) in [6.07, 6.45) is 4.16. The summed E-state index contributed by atoms with van der Waals surface area (Å²) in [6.45, 7) is 3.46. The van der Waals surface area contributed by atoms with E-state index < -0.39 is 29.7 Å². The number of aromatic amines is 1. The Morgan fingerprint density at radius 1 is 1.58 bits per heavy atom. The zero-order valence-corrected chi connectivity index (χ0v) is 13.4. The molecule has 2 aromatic heterocycles. The second kappa shape index (κ2) is 5.81. The molecule has 9 nitrogen and oxygen atoms in total. The van der Waals surface area contributed by atoms with Crippen LogP contribution in [0.4, 0.5) is 5.95 Å². The SMILES string of the molecule is C#CCn1c(=O)n([C@@H]2O[C@H]([C@H](C)O)C[C@H]2C)c2nc(N)[nH]c(=O)c21. The fraction of sp³-hybridized carbons (Fsp3) is 0.533. The quantitative estimate of drug-likeness (QED) is 0.644. The number of fused-ring (bicyclic) bond motifs is 1. The molecule has 0 saturated carbocycles. The lowest BCUT2D eigenvalue weighted by Crippen LogP contribution is -2.30. The number of H-pyrrole nitrogens is 1. The third-order valence-electron chi connectivity index (χ3n) is 4.28. The van der Waals surface area contributed by atoms with Crippen molar-refractivity contribution in [3.8, 4) is 12.3 Å². The van der Waals surface area contributed by atoms with Crippen molar-refractivity contribution in [2.45, 2.75) is 45.2 Å². The minimum atomic E-state index is -0.673. The van der Waals surface area contributed by atoms with Gasteiger partial charge in [0, 0.05) is 5.92 Å². The fourth-order valence-corrected chi connectivity index (χ4v) is 3.14. The van der Waals surface area contributed by atoms with Gasteiger partial charge in [0.1, 0.15) is 6.23 Å². The summed E-state index contributed by atoms with van der Waals surface area (Å²) in [4.78, 5) is 31.5. The van der Waals surface area contributed by atoms with E-state index in [0.29, 0.717) is 6.42 Å². The van der Waals surface area contributed by atoms with E-state index in [0.717, 1.165) is 0 Å². The van der Waals surface area contributed by atoms with Gasteiger partial charge in [0.2, 0.25) is 5.95 Å². The summed E-state index contributed by atoms with van der Waals surface area (Å²) in [5, 5.41) is 9.76. The van der Waals surface area contributed by atoms with Gasteiger partial charge in [-0.15, -0.1) is 6.42 Å². The topological polar surface area (TPSA) is 128 Å². The van der Waals surface area contributed by atoms with Gasteiger partial charge in [-0.05, 0) is 13.3 Å². The molecule has 3 heterocycles. The first-order valence-corrected chi connectivity index (χ1v) is 7.62. The maximum atomic E-state index is 12.8. The molecular weight excluding hydrogens is 314 g/mol. The highest BCUT2D eigenvalue weighted by Gasteiger charge is 2.38. The first kappa shape index (κ1) is 16.3. The molecule has 0 amide bonds. The summed E-state index contributed by atoms with van der Waals surface area (Å²) in [7, 11) is 0. The van der Waals surface area contributed by atoms with E-state index in [9.17, 15) is 14.7 Å². The number of imidazole rings is 1. The molecule has 1 fully saturated rings. The largest absolute Gasteiger partial charge is 0.391 e. The van der Waals surface area contributed by atoms with Gasteiger partial charge in [0.05, 0.1) is 18.8 Å². The van der Waals surface area contributed by atoms with Crippen molar-refractivity contribution in [1.82, 2.24) is 19.1 Å². The number of nitrogens with one attached hydrogen (secondary N) is 1. The Hall–Kier alpha value is -2.57. The van der Waals surface area contributed by atoms with Gasteiger partial charge in [-0.1, -0.05) is 12.8 Å². The maximum absolute atomic E-state index is 12.8. The van der Waals surface area contributed by atoms with E-state index in [4.69, 9.17) is 16.9 Å². The number of ether oxygens (including phenoxy) is 1. The smallest absolute Gasteiger partial charge is 0.333 e. The van der Waals surface area contributed by atoms with E-state index in [1.165, 1.54) is 9.13 Å². The lowest BCUT2D eigenvalue weighted by atomic mass is 10.0. The number of aromatic nitrogens is 4. The van der Waals surface area contributed by atoms with Crippen molar-refractivity contribution in [1.29, 1.82) is 0 Å².